The first-order valence-corrected chi connectivity index (χ1v) is 16.0. The van der Waals surface area contributed by atoms with Crippen LogP contribution in [0.4, 0.5) is 4.79 Å². The summed E-state index contributed by atoms with van der Waals surface area (Å²) < 4.78 is 15.2. The second-order valence-electron chi connectivity index (χ2n) is 10.2. The molecular formula is C25H43Cl3O7Si. The third-order valence-electron chi connectivity index (χ3n) is 6.85. The molecule has 0 aromatic rings. The molecule has 1 N–H and O–H groups in total. The van der Waals surface area contributed by atoms with Crippen molar-refractivity contribution in [3.8, 4) is 0 Å². The van der Waals surface area contributed by atoms with E-state index in [1.807, 2.05) is 34.6 Å². The largest absolute Gasteiger partial charge is 0.508 e. The number of alkyl halides is 3. The number of ketones is 1. The van der Waals surface area contributed by atoms with Crippen molar-refractivity contribution in [1.29, 1.82) is 0 Å². The molecule has 0 saturated heterocycles. The van der Waals surface area contributed by atoms with Crippen LogP contribution in [0, 0.1) is 17.3 Å². The molecule has 36 heavy (non-hydrogen) atoms. The van der Waals surface area contributed by atoms with Gasteiger partial charge in [-0.2, -0.15) is 0 Å². The first kappa shape index (κ1) is 35.2. The van der Waals surface area contributed by atoms with Crippen LogP contribution >= 0.6 is 34.8 Å². The summed E-state index contributed by atoms with van der Waals surface area (Å²) in [5.41, 5.74) is -0.317. The number of ether oxygens (including phenoxy) is 2. The van der Waals surface area contributed by atoms with Gasteiger partial charge in [-0.3, -0.25) is 9.59 Å². The fourth-order valence-electron chi connectivity index (χ4n) is 4.46. The normalized spacial score (nSPS) is 16.0. The molecule has 0 spiro atoms. The van der Waals surface area contributed by atoms with Crippen molar-refractivity contribution in [2.24, 2.45) is 17.3 Å². The molecule has 0 bridgehead atoms. The molecule has 7 nitrogen and oxygen atoms in total. The highest BCUT2D eigenvalue weighted by Crippen LogP contribution is 2.38. The van der Waals surface area contributed by atoms with Crippen LogP contribution in [0.3, 0.4) is 0 Å². The van der Waals surface area contributed by atoms with E-state index in [0.717, 1.165) is 23.7 Å². The lowest BCUT2D eigenvalue weighted by Crippen LogP contribution is -2.51. The molecule has 0 aliphatic heterocycles. The minimum atomic E-state index is -2.23. The van der Waals surface area contributed by atoms with Gasteiger partial charge in [0.1, 0.15) is 18.5 Å². The van der Waals surface area contributed by atoms with E-state index in [-0.39, 0.29) is 18.1 Å². The number of hydrogen-bond donors (Lipinski definition) is 1. The highest BCUT2D eigenvalue weighted by Gasteiger charge is 2.47. The molecule has 210 valence electrons. The molecule has 4 atom stereocenters. The number of carboxylic acids is 1. The first-order chi connectivity index (χ1) is 16.4. The monoisotopic (exact) mass is 588 g/mol. The van der Waals surface area contributed by atoms with E-state index in [0.29, 0.717) is 6.42 Å². The Bertz CT molecular complexity index is 755. The third-order valence-corrected chi connectivity index (χ3v) is 11.8. The highest BCUT2D eigenvalue weighted by atomic mass is 35.6. The first-order valence-electron chi connectivity index (χ1n) is 12.3. The lowest BCUT2D eigenvalue weighted by Gasteiger charge is -2.42. The molecule has 0 aromatic carbocycles. The second kappa shape index (κ2) is 15.0. The quantitative estimate of drug-likeness (QED) is 0.0857. The molecule has 0 heterocycles. The van der Waals surface area contributed by atoms with Gasteiger partial charge >= 0.3 is 12.1 Å². The summed E-state index contributed by atoms with van der Waals surface area (Å²) in [5, 5.41) is 9.62. The predicted molar refractivity (Wildman–Crippen MR) is 147 cm³/mol. The van der Waals surface area contributed by atoms with Gasteiger partial charge in [0.05, 0.1) is 18.4 Å². The van der Waals surface area contributed by atoms with E-state index in [2.05, 4.69) is 6.58 Å². The highest BCUT2D eigenvalue weighted by molar-refractivity contribution is 6.73. The van der Waals surface area contributed by atoms with Gasteiger partial charge in [-0.05, 0) is 37.4 Å². The van der Waals surface area contributed by atoms with Gasteiger partial charge in [-0.15, -0.1) is 6.58 Å². The zero-order valence-electron chi connectivity index (χ0n) is 22.8. The smallest absolute Gasteiger partial charge is 0.481 e. The van der Waals surface area contributed by atoms with Crippen molar-refractivity contribution in [2.75, 3.05) is 6.61 Å². The van der Waals surface area contributed by atoms with Gasteiger partial charge in [0.2, 0.25) is 3.79 Å². The molecular weight excluding hydrogens is 547 g/mol. The maximum Gasteiger partial charge on any atom is 0.508 e. The van der Waals surface area contributed by atoms with Gasteiger partial charge in [-0.25, -0.2) is 4.79 Å². The maximum atomic E-state index is 13.9. The van der Waals surface area contributed by atoms with Gasteiger partial charge in [0.25, 0.3) is 0 Å². The van der Waals surface area contributed by atoms with Crippen LogP contribution in [0.25, 0.3) is 0 Å². The van der Waals surface area contributed by atoms with E-state index < -0.39 is 54.4 Å². The van der Waals surface area contributed by atoms with Crippen LogP contribution in [-0.2, 0) is 23.5 Å². The number of allylic oxidation sites excluding steroid dienone is 1. The van der Waals surface area contributed by atoms with Gasteiger partial charge in [0.15, 0.2) is 8.32 Å². The van der Waals surface area contributed by atoms with E-state index in [1.165, 1.54) is 0 Å². The SMILES string of the molecule is C=C(C)C[C@H](C)[C@H](OC(=O)OCC(Cl)(Cl)Cl)[C@@H](C)C(=O)C(C)(C)[C@H](CC(=O)O)O[Si](CC)(CC)CC. The lowest BCUT2D eigenvalue weighted by atomic mass is 9.73. The molecule has 11 heteroatoms. The summed E-state index contributed by atoms with van der Waals surface area (Å²) in [5.74, 6) is -2.39. The minimum Gasteiger partial charge on any atom is -0.481 e. The summed E-state index contributed by atoms with van der Waals surface area (Å²) in [6.45, 7) is 18.3. The molecule has 0 saturated carbocycles. The molecule has 0 aliphatic rings. The summed E-state index contributed by atoms with van der Waals surface area (Å²) in [6.07, 6.45) is -2.59. The average molecular weight is 590 g/mol. The van der Waals surface area contributed by atoms with Gasteiger partial charge < -0.3 is 19.0 Å². The van der Waals surface area contributed by atoms with Crippen molar-refractivity contribution >= 4 is 61.0 Å². The van der Waals surface area contributed by atoms with Crippen LogP contribution in [0.1, 0.15) is 68.2 Å². The number of halogens is 3. The van der Waals surface area contributed by atoms with E-state index in [9.17, 15) is 19.5 Å². The number of rotatable bonds is 16. The van der Waals surface area contributed by atoms with E-state index in [1.54, 1.807) is 20.8 Å². The number of aliphatic carboxylic acids is 1. The Morgan fingerprint density at radius 3 is 1.89 bits per heavy atom. The van der Waals surface area contributed by atoms with Crippen LogP contribution in [0.2, 0.25) is 18.1 Å². The Morgan fingerprint density at radius 1 is 1.00 bits per heavy atom. The standard InChI is InChI=1S/C25H43Cl3O7Si/c1-10-36(11-2,12-3)35-19(14-20(29)30)24(8,9)22(31)18(7)21(17(6)13-16(4)5)34-23(32)33-15-25(26,27)28/h17-19,21H,4,10-15H2,1-3,5-9H3,(H,29,30)/t17-,18+,19-,21-/m0/s1. The van der Waals surface area contributed by atoms with Crippen LogP contribution in [-0.4, -0.2) is 53.9 Å². The Morgan fingerprint density at radius 2 is 1.50 bits per heavy atom. The molecule has 0 amide bonds. The maximum absolute atomic E-state index is 13.9. The molecule has 0 rings (SSSR count). The zero-order chi connectivity index (χ0) is 28.5. The fraction of sp³-hybridized carbons (Fsp3) is 0.800. The molecule has 0 fully saturated rings. The fourth-order valence-corrected chi connectivity index (χ4v) is 7.61. The van der Waals surface area contributed by atoms with Crippen LogP contribution < -0.4 is 0 Å². The van der Waals surface area contributed by atoms with E-state index >= 15 is 0 Å². The summed E-state index contributed by atoms with van der Waals surface area (Å²) >= 11 is 17.0. The second-order valence-corrected chi connectivity index (χ2v) is 17.4. The van der Waals surface area contributed by atoms with Crippen LogP contribution in [0.5, 0.6) is 0 Å². The summed E-state index contributed by atoms with van der Waals surface area (Å²) in [4.78, 5) is 38.1. The number of carbonyl (C=O) groups is 3. The molecule has 0 aromatic heterocycles. The average Bonchev–Trinajstić information content (AvgIpc) is 2.76. The topological polar surface area (TPSA) is 99.1 Å². The van der Waals surface area contributed by atoms with Crippen molar-refractivity contribution in [1.82, 2.24) is 0 Å². The summed E-state index contributed by atoms with van der Waals surface area (Å²) in [6, 6.07) is 2.44. The molecule has 0 aliphatic carbocycles. The van der Waals surface area contributed by atoms with Crippen molar-refractivity contribution in [2.45, 2.75) is 102 Å². The Balaban J connectivity index is 6.12. The molecule has 0 radical (unpaired) electrons. The number of hydrogen-bond acceptors (Lipinski definition) is 6. The Labute approximate surface area is 232 Å². The number of Topliss-reactive ketones (excluding diaryl/α,β-unsaturated/α-hetero) is 1. The van der Waals surface area contributed by atoms with Crippen molar-refractivity contribution in [3.63, 3.8) is 0 Å². The van der Waals surface area contributed by atoms with Gasteiger partial charge in [0, 0.05) is 5.41 Å². The number of carboxylic acid groups (broad SMARTS) is 1. The number of carbonyl (C=O) groups excluding carboxylic acids is 2. The Kier molecular flexibility index (Phi) is 14.6. The zero-order valence-corrected chi connectivity index (χ0v) is 26.1. The van der Waals surface area contributed by atoms with Crippen LogP contribution in [0.15, 0.2) is 12.2 Å². The summed E-state index contributed by atoms with van der Waals surface area (Å²) in [7, 11) is -2.23. The minimum absolute atomic E-state index is 0.271. The third kappa shape index (κ3) is 11.3. The van der Waals surface area contributed by atoms with E-state index in [4.69, 9.17) is 48.7 Å². The molecule has 0 unspecified atom stereocenters. The lowest BCUT2D eigenvalue weighted by molar-refractivity contribution is -0.147. The predicted octanol–water partition coefficient (Wildman–Crippen LogP) is 7.58. The van der Waals surface area contributed by atoms with Crippen molar-refractivity contribution < 1.29 is 33.4 Å². The Hall–Kier alpha value is -0.803. The van der Waals surface area contributed by atoms with Gasteiger partial charge in [-0.1, -0.05) is 88.8 Å². The van der Waals surface area contributed by atoms with Crippen molar-refractivity contribution in [3.05, 3.63) is 12.2 Å².